The van der Waals surface area contributed by atoms with E-state index < -0.39 is 5.97 Å². The van der Waals surface area contributed by atoms with Gasteiger partial charge in [0.15, 0.2) is 0 Å². The second-order valence-corrected chi connectivity index (χ2v) is 4.22. The first-order chi connectivity index (χ1) is 7.08. The van der Waals surface area contributed by atoms with Crippen molar-refractivity contribution < 1.29 is 14.3 Å². The summed E-state index contributed by atoms with van der Waals surface area (Å²) in [5, 5.41) is 9.10. The van der Waals surface area contributed by atoms with Gasteiger partial charge in [-0.3, -0.25) is 4.79 Å². The van der Waals surface area contributed by atoms with Crippen molar-refractivity contribution >= 4 is 5.97 Å². The van der Waals surface area contributed by atoms with Crippen LogP contribution in [-0.2, 0) is 4.79 Å². The van der Waals surface area contributed by atoms with E-state index in [4.69, 9.17) is 9.52 Å². The zero-order valence-corrected chi connectivity index (χ0v) is 8.93. The quantitative estimate of drug-likeness (QED) is 0.798. The number of nitrogens with zero attached hydrogens (tertiary/aromatic N) is 1. The third kappa shape index (κ3) is 1.90. The number of carboxylic acids is 1. The molecule has 1 aliphatic rings. The average molecular weight is 209 g/mol. The highest BCUT2D eigenvalue weighted by Gasteiger charge is 2.38. The lowest BCUT2D eigenvalue weighted by Gasteiger charge is -2.11. The Labute approximate surface area is 88.5 Å². The lowest BCUT2D eigenvalue weighted by atomic mass is 9.94. The molecular weight excluding hydrogens is 194 g/mol. The maximum absolute atomic E-state index is 11.1. The molecule has 0 saturated carbocycles. The highest BCUT2D eigenvalue weighted by molar-refractivity contribution is 5.72. The number of carboxylic acid groups (broad SMARTS) is 1. The molecule has 1 saturated heterocycles. The van der Waals surface area contributed by atoms with Crippen LogP contribution in [0, 0.1) is 12.8 Å². The van der Waals surface area contributed by atoms with Crippen LogP contribution < -0.4 is 0 Å². The Morgan fingerprint density at radius 1 is 1.53 bits per heavy atom. The van der Waals surface area contributed by atoms with Gasteiger partial charge in [0.25, 0.3) is 0 Å². The molecule has 4 nitrogen and oxygen atoms in total. The first-order valence-electron chi connectivity index (χ1n) is 5.05. The lowest BCUT2D eigenvalue weighted by Crippen LogP contribution is -2.21. The van der Waals surface area contributed by atoms with E-state index in [2.05, 4.69) is 0 Å². The van der Waals surface area contributed by atoms with Crippen LogP contribution in [0.1, 0.15) is 17.4 Å². The van der Waals surface area contributed by atoms with Crippen molar-refractivity contribution in [2.24, 2.45) is 5.92 Å². The SMILES string of the molecule is Cc1ccc([C@H]2CN(C)C[C@@H]2C(=O)O)o1. The fourth-order valence-corrected chi connectivity index (χ4v) is 2.19. The number of hydrogen-bond donors (Lipinski definition) is 1. The molecule has 1 N–H and O–H groups in total. The van der Waals surface area contributed by atoms with Crippen molar-refractivity contribution in [2.75, 3.05) is 20.1 Å². The second-order valence-electron chi connectivity index (χ2n) is 4.22. The van der Waals surface area contributed by atoms with E-state index in [-0.39, 0.29) is 11.8 Å². The molecule has 2 rings (SSSR count). The number of aryl methyl sites for hydroxylation is 1. The summed E-state index contributed by atoms with van der Waals surface area (Å²) in [4.78, 5) is 13.1. The number of furan rings is 1. The first kappa shape index (κ1) is 10.2. The van der Waals surface area contributed by atoms with Gasteiger partial charge in [0.05, 0.1) is 5.92 Å². The number of hydrogen-bond acceptors (Lipinski definition) is 3. The summed E-state index contributed by atoms with van der Waals surface area (Å²) < 4.78 is 5.51. The van der Waals surface area contributed by atoms with E-state index in [0.717, 1.165) is 18.1 Å². The third-order valence-electron chi connectivity index (χ3n) is 2.95. The molecule has 82 valence electrons. The van der Waals surface area contributed by atoms with Gasteiger partial charge < -0.3 is 14.4 Å². The van der Waals surface area contributed by atoms with E-state index in [1.807, 2.05) is 31.0 Å². The second kappa shape index (κ2) is 3.70. The Bertz CT molecular complexity index is 372. The summed E-state index contributed by atoms with van der Waals surface area (Å²) in [6, 6.07) is 3.77. The predicted molar refractivity (Wildman–Crippen MR) is 54.8 cm³/mol. The Morgan fingerprint density at radius 3 is 2.80 bits per heavy atom. The Balaban J connectivity index is 2.24. The van der Waals surface area contributed by atoms with Crippen LogP contribution in [0.5, 0.6) is 0 Å². The third-order valence-corrected chi connectivity index (χ3v) is 2.95. The van der Waals surface area contributed by atoms with Crippen LogP contribution in [0.3, 0.4) is 0 Å². The van der Waals surface area contributed by atoms with E-state index in [0.29, 0.717) is 6.54 Å². The minimum absolute atomic E-state index is 0.0128. The molecule has 1 aliphatic heterocycles. The van der Waals surface area contributed by atoms with Crippen LogP contribution in [-0.4, -0.2) is 36.1 Å². The van der Waals surface area contributed by atoms with Crippen LogP contribution >= 0.6 is 0 Å². The van der Waals surface area contributed by atoms with Crippen LogP contribution in [0.4, 0.5) is 0 Å². The van der Waals surface area contributed by atoms with Gasteiger partial charge in [-0.1, -0.05) is 0 Å². The van der Waals surface area contributed by atoms with Gasteiger partial charge >= 0.3 is 5.97 Å². The molecule has 0 aliphatic carbocycles. The van der Waals surface area contributed by atoms with Gasteiger partial charge in [-0.05, 0) is 26.1 Å². The number of likely N-dealkylation sites (N-methyl/N-ethyl adjacent to an activating group) is 1. The molecule has 4 heteroatoms. The average Bonchev–Trinajstić information content (AvgIpc) is 2.71. The standard InChI is InChI=1S/C11H15NO3/c1-7-3-4-10(15-7)8-5-12(2)6-9(8)11(13)14/h3-4,8-9H,5-6H2,1-2H3,(H,13,14)/t8-,9-/m0/s1. The van der Waals surface area contributed by atoms with E-state index in [9.17, 15) is 4.79 Å². The van der Waals surface area contributed by atoms with Crippen molar-refractivity contribution in [3.05, 3.63) is 23.7 Å². The Hall–Kier alpha value is -1.29. The van der Waals surface area contributed by atoms with Gasteiger partial charge in [-0.2, -0.15) is 0 Å². The largest absolute Gasteiger partial charge is 0.481 e. The van der Waals surface area contributed by atoms with Crippen LogP contribution in [0.15, 0.2) is 16.5 Å². The molecule has 15 heavy (non-hydrogen) atoms. The summed E-state index contributed by atoms with van der Waals surface area (Å²) in [7, 11) is 1.94. The molecule has 2 atom stereocenters. The predicted octanol–water partition coefficient (Wildman–Crippen LogP) is 1.32. The minimum Gasteiger partial charge on any atom is -0.481 e. The maximum Gasteiger partial charge on any atom is 0.308 e. The maximum atomic E-state index is 11.1. The Kier molecular flexibility index (Phi) is 2.52. The molecule has 0 spiro atoms. The summed E-state index contributed by atoms with van der Waals surface area (Å²) >= 11 is 0. The van der Waals surface area contributed by atoms with Gasteiger partial charge in [0.2, 0.25) is 0 Å². The van der Waals surface area contributed by atoms with E-state index in [1.54, 1.807) is 0 Å². The fourth-order valence-electron chi connectivity index (χ4n) is 2.19. The van der Waals surface area contributed by atoms with E-state index in [1.165, 1.54) is 0 Å². The van der Waals surface area contributed by atoms with Crippen molar-refractivity contribution in [1.29, 1.82) is 0 Å². The molecular formula is C11H15NO3. The fraction of sp³-hybridized carbons (Fsp3) is 0.545. The van der Waals surface area contributed by atoms with Crippen LogP contribution in [0.25, 0.3) is 0 Å². The first-order valence-corrected chi connectivity index (χ1v) is 5.05. The normalized spacial score (nSPS) is 27.1. The smallest absolute Gasteiger partial charge is 0.308 e. The summed E-state index contributed by atoms with van der Waals surface area (Å²) in [5.74, 6) is 0.535. The molecule has 0 unspecified atom stereocenters. The molecule has 1 aromatic rings. The molecule has 0 radical (unpaired) electrons. The molecule has 0 bridgehead atoms. The lowest BCUT2D eigenvalue weighted by molar-refractivity contribution is -0.141. The summed E-state index contributed by atoms with van der Waals surface area (Å²) in [5.41, 5.74) is 0. The molecule has 1 aromatic heterocycles. The van der Waals surface area contributed by atoms with Gasteiger partial charge in [0.1, 0.15) is 11.5 Å². The van der Waals surface area contributed by atoms with Crippen molar-refractivity contribution in [2.45, 2.75) is 12.8 Å². The van der Waals surface area contributed by atoms with Crippen molar-refractivity contribution in [1.82, 2.24) is 4.90 Å². The van der Waals surface area contributed by atoms with Gasteiger partial charge in [-0.25, -0.2) is 0 Å². The zero-order valence-electron chi connectivity index (χ0n) is 8.93. The number of rotatable bonds is 2. The van der Waals surface area contributed by atoms with Crippen LogP contribution in [0.2, 0.25) is 0 Å². The number of carbonyl (C=O) groups is 1. The molecule has 1 fully saturated rings. The molecule has 0 amide bonds. The number of aliphatic carboxylic acids is 1. The Morgan fingerprint density at radius 2 is 2.27 bits per heavy atom. The van der Waals surface area contributed by atoms with Gasteiger partial charge in [-0.15, -0.1) is 0 Å². The zero-order chi connectivity index (χ0) is 11.0. The minimum atomic E-state index is -0.738. The topological polar surface area (TPSA) is 53.7 Å². The van der Waals surface area contributed by atoms with Crippen molar-refractivity contribution in [3.8, 4) is 0 Å². The monoisotopic (exact) mass is 209 g/mol. The number of likely N-dealkylation sites (tertiary alicyclic amines) is 1. The van der Waals surface area contributed by atoms with Crippen molar-refractivity contribution in [3.63, 3.8) is 0 Å². The molecule has 2 heterocycles. The van der Waals surface area contributed by atoms with Gasteiger partial charge in [0, 0.05) is 19.0 Å². The summed E-state index contributed by atoms with van der Waals surface area (Å²) in [6.07, 6.45) is 0. The summed E-state index contributed by atoms with van der Waals surface area (Å²) in [6.45, 7) is 3.22. The highest BCUT2D eigenvalue weighted by atomic mass is 16.4. The van der Waals surface area contributed by atoms with E-state index >= 15 is 0 Å². The molecule has 0 aromatic carbocycles. The highest BCUT2D eigenvalue weighted by Crippen LogP contribution is 2.32.